The molecule has 2 aliphatic heterocycles. The van der Waals surface area contributed by atoms with Gasteiger partial charge in [-0.2, -0.15) is 0 Å². The van der Waals surface area contributed by atoms with Crippen molar-refractivity contribution in [1.82, 2.24) is 10.2 Å². The molecule has 0 saturated carbocycles. The van der Waals surface area contributed by atoms with E-state index in [2.05, 4.69) is 5.32 Å². The lowest BCUT2D eigenvalue weighted by Gasteiger charge is -2.41. The number of hydrogen-bond donors (Lipinski definition) is 4. The number of benzene rings is 2. The van der Waals surface area contributed by atoms with Gasteiger partial charge in [-0.05, 0) is 35.8 Å². The van der Waals surface area contributed by atoms with E-state index in [1.807, 2.05) is 30.3 Å². The van der Waals surface area contributed by atoms with Gasteiger partial charge in [-0.3, -0.25) is 9.59 Å². The summed E-state index contributed by atoms with van der Waals surface area (Å²) < 4.78 is 17.3. The number of rotatable bonds is 9. The molecule has 5 atom stereocenters. The first kappa shape index (κ1) is 27.1. The van der Waals surface area contributed by atoms with Crippen molar-refractivity contribution in [3.63, 3.8) is 0 Å². The maximum atomic E-state index is 13.8. The Bertz CT molecular complexity index is 1230. The molecule has 208 valence electrons. The number of carbonyl (C=O) groups excluding carboxylic acids is 2. The van der Waals surface area contributed by atoms with E-state index >= 15 is 0 Å². The van der Waals surface area contributed by atoms with E-state index in [1.165, 1.54) is 7.11 Å². The Kier molecular flexibility index (Phi) is 8.18. The molecule has 5 unspecified atom stereocenters. The van der Waals surface area contributed by atoms with Gasteiger partial charge in [0, 0.05) is 30.8 Å². The minimum atomic E-state index is -1.17. The predicted molar refractivity (Wildman–Crippen MR) is 140 cm³/mol. The Morgan fingerprint density at radius 3 is 2.62 bits per heavy atom. The topological polar surface area (TPSA) is 138 Å². The van der Waals surface area contributed by atoms with Gasteiger partial charge in [0.15, 0.2) is 11.5 Å². The average Bonchev–Trinajstić information content (AvgIpc) is 3.64. The van der Waals surface area contributed by atoms with Gasteiger partial charge in [0.25, 0.3) is 0 Å². The highest BCUT2D eigenvalue weighted by molar-refractivity contribution is 5.96. The third-order valence-electron chi connectivity index (χ3n) is 7.61. The standard InChI is InChI=1S/C29H34N2O8/c1-37-23-12-18(15-33)11-20-24-21(28(35)30-8-9-32)13-22(25(34)27(24)39-26(20)23)31(14-17-5-3-2-4-6-17)29(36)19-7-10-38-16-19/h2-6,11-13,19,22,24-25,27,32-34H,7-10,14-16H2,1H3,(H,30,35). The molecule has 1 fully saturated rings. The molecule has 5 rings (SSSR count). The first-order chi connectivity index (χ1) is 19.0. The third-order valence-corrected chi connectivity index (χ3v) is 7.61. The van der Waals surface area contributed by atoms with Gasteiger partial charge in [0.05, 0.1) is 44.8 Å². The second-order valence-electron chi connectivity index (χ2n) is 10.0. The van der Waals surface area contributed by atoms with E-state index in [1.54, 1.807) is 23.1 Å². The minimum Gasteiger partial charge on any atom is -0.493 e. The van der Waals surface area contributed by atoms with Crippen LogP contribution in [0.2, 0.25) is 0 Å². The van der Waals surface area contributed by atoms with E-state index in [0.29, 0.717) is 47.8 Å². The van der Waals surface area contributed by atoms with Crippen molar-refractivity contribution in [3.05, 3.63) is 70.8 Å². The first-order valence-electron chi connectivity index (χ1n) is 13.2. The molecule has 2 aromatic carbocycles. The van der Waals surface area contributed by atoms with Crippen molar-refractivity contribution in [2.75, 3.05) is 33.5 Å². The number of aliphatic hydroxyl groups is 3. The van der Waals surface area contributed by atoms with Crippen LogP contribution in [0.3, 0.4) is 0 Å². The molecule has 3 aliphatic rings. The van der Waals surface area contributed by atoms with Gasteiger partial charge in [0.2, 0.25) is 11.8 Å². The summed E-state index contributed by atoms with van der Waals surface area (Å²) in [7, 11) is 1.48. The summed E-state index contributed by atoms with van der Waals surface area (Å²) in [4.78, 5) is 28.9. The third kappa shape index (κ3) is 5.25. The number of fused-ring (bicyclic) bond motifs is 3. The van der Waals surface area contributed by atoms with Crippen LogP contribution in [0.25, 0.3) is 0 Å². The largest absolute Gasteiger partial charge is 0.493 e. The maximum Gasteiger partial charge on any atom is 0.247 e. The monoisotopic (exact) mass is 538 g/mol. The quantitative estimate of drug-likeness (QED) is 0.369. The molecule has 10 heteroatoms. The Hall–Kier alpha value is -3.44. The number of nitrogens with one attached hydrogen (secondary N) is 1. The Morgan fingerprint density at radius 2 is 1.95 bits per heavy atom. The van der Waals surface area contributed by atoms with Gasteiger partial charge < -0.3 is 39.7 Å². The fraction of sp³-hybridized carbons (Fsp3) is 0.448. The molecule has 4 N–H and O–H groups in total. The average molecular weight is 539 g/mol. The Labute approximate surface area is 226 Å². The molecule has 2 heterocycles. The summed E-state index contributed by atoms with van der Waals surface area (Å²) in [5.41, 5.74) is 2.37. The normalized spacial score (nSPS) is 25.2. The highest BCUT2D eigenvalue weighted by Crippen LogP contribution is 2.51. The van der Waals surface area contributed by atoms with Crippen LogP contribution < -0.4 is 14.8 Å². The lowest BCUT2D eigenvalue weighted by atomic mass is 9.77. The molecule has 0 spiro atoms. The van der Waals surface area contributed by atoms with Gasteiger partial charge in [-0.1, -0.05) is 30.3 Å². The summed E-state index contributed by atoms with van der Waals surface area (Å²) in [5.74, 6) is -0.861. The number of carbonyl (C=O) groups is 2. The van der Waals surface area contributed by atoms with Crippen molar-refractivity contribution in [2.24, 2.45) is 5.92 Å². The number of methoxy groups -OCH3 is 1. The molecular weight excluding hydrogens is 504 g/mol. The van der Waals surface area contributed by atoms with Crippen molar-refractivity contribution in [3.8, 4) is 11.5 Å². The SMILES string of the molecule is COc1cc(CO)cc2c1OC1C2C(C(=O)NCCO)=CC(N(Cc2ccccc2)C(=O)C2CCOC2)C1O. The smallest absolute Gasteiger partial charge is 0.247 e. The number of aliphatic hydroxyl groups excluding tert-OH is 3. The summed E-state index contributed by atoms with van der Waals surface area (Å²) in [5, 5.41) is 33.6. The van der Waals surface area contributed by atoms with Crippen LogP contribution in [0.15, 0.2) is 54.1 Å². The summed E-state index contributed by atoms with van der Waals surface area (Å²) in [6.07, 6.45) is 0.161. The lowest BCUT2D eigenvalue weighted by molar-refractivity contribution is -0.142. The van der Waals surface area contributed by atoms with E-state index in [4.69, 9.17) is 14.2 Å². The van der Waals surface area contributed by atoms with E-state index in [9.17, 15) is 24.9 Å². The van der Waals surface area contributed by atoms with Crippen molar-refractivity contribution >= 4 is 11.8 Å². The number of amides is 2. The van der Waals surface area contributed by atoms with E-state index < -0.39 is 30.1 Å². The van der Waals surface area contributed by atoms with Gasteiger partial charge in [-0.25, -0.2) is 0 Å². The highest BCUT2D eigenvalue weighted by atomic mass is 16.5. The van der Waals surface area contributed by atoms with Gasteiger partial charge in [0.1, 0.15) is 12.2 Å². The highest BCUT2D eigenvalue weighted by Gasteiger charge is 2.52. The van der Waals surface area contributed by atoms with Crippen LogP contribution in [-0.4, -0.2) is 83.8 Å². The minimum absolute atomic E-state index is 0.0422. The molecule has 10 nitrogen and oxygen atoms in total. The molecular formula is C29H34N2O8. The van der Waals surface area contributed by atoms with Gasteiger partial charge >= 0.3 is 0 Å². The van der Waals surface area contributed by atoms with E-state index in [0.717, 1.165) is 5.56 Å². The van der Waals surface area contributed by atoms with Crippen LogP contribution in [0.4, 0.5) is 0 Å². The van der Waals surface area contributed by atoms with E-state index in [-0.39, 0.29) is 38.1 Å². The Morgan fingerprint density at radius 1 is 1.15 bits per heavy atom. The fourth-order valence-electron chi connectivity index (χ4n) is 5.69. The van der Waals surface area contributed by atoms with Gasteiger partial charge in [-0.15, -0.1) is 0 Å². The fourth-order valence-corrected chi connectivity index (χ4v) is 5.69. The van der Waals surface area contributed by atoms with Crippen LogP contribution in [-0.2, 0) is 27.5 Å². The molecule has 0 aromatic heterocycles. The zero-order chi connectivity index (χ0) is 27.5. The summed E-state index contributed by atoms with van der Waals surface area (Å²) >= 11 is 0. The molecule has 1 aliphatic carbocycles. The first-order valence-corrected chi connectivity index (χ1v) is 13.2. The molecule has 0 radical (unpaired) electrons. The van der Waals surface area contributed by atoms with Crippen LogP contribution >= 0.6 is 0 Å². The molecule has 2 aromatic rings. The second kappa shape index (κ2) is 11.7. The molecule has 2 amide bonds. The zero-order valence-corrected chi connectivity index (χ0v) is 21.8. The maximum absolute atomic E-state index is 13.8. The molecule has 0 bridgehead atoms. The van der Waals surface area contributed by atoms with Crippen molar-refractivity contribution in [2.45, 2.75) is 43.7 Å². The number of hydrogen-bond acceptors (Lipinski definition) is 8. The zero-order valence-electron chi connectivity index (χ0n) is 21.8. The number of ether oxygens (including phenoxy) is 3. The Balaban J connectivity index is 1.59. The number of nitrogens with zero attached hydrogens (tertiary/aromatic N) is 1. The van der Waals surface area contributed by atoms with Crippen LogP contribution in [0.5, 0.6) is 11.5 Å². The van der Waals surface area contributed by atoms with Crippen LogP contribution in [0, 0.1) is 5.92 Å². The summed E-state index contributed by atoms with van der Waals surface area (Å²) in [6.45, 7) is 0.571. The summed E-state index contributed by atoms with van der Waals surface area (Å²) in [6, 6.07) is 12.0. The molecule has 1 saturated heterocycles. The predicted octanol–water partition coefficient (Wildman–Crippen LogP) is 0.875. The molecule has 39 heavy (non-hydrogen) atoms. The van der Waals surface area contributed by atoms with Crippen molar-refractivity contribution < 1.29 is 39.1 Å². The lowest BCUT2D eigenvalue weighted by Crippen LogP contribution is -2.56. The second-order valence-corrected chi connectivity index (χ2v) is 10.0. The van der Waals surface area contributed by atoms with Crippen molar-refractivity contribution in [1.29, 1.82) is 0 Å². The van der Waals surface area contributed by atoms with Crippen LogP contribution in [0.1, 0.15) is 29.0 Å².